The number of para-hydroxylation sites is 1. The van der Waals surface area contributed by atoms with Gasteiger partial charge in [-0.25, -0.2) is 0 Å². The van der Waals surface area contributed by atoms with E-state index in [1.165, 1.54) is 15.0 Å². The van der Waals surface area contributed by atoms with Crippen molar-refractivity contribution in [2.45, 2.75) is 6.61 Å². The van der Waals surface area contributed by atoms with Crippen molar-refractivity contribution in [3.63, 3.8) is 0 Å². The van der Waals surface area contributed by atoms with Crippen LogP contribution in [0.3, 0.4) is 0 Å². The Hall–Kier alpha value is -2.00. The van der Waals surface area contributed by atoms with E-state index in [9.17, 15) is 0 Å². The van der Waals surface area contributed by atoms with E-state index in [4.69, 9.17) is 10.5 Å². The molecule has 1 aromatic heterocycles. The van der Waals surface area contributed by atoms with E-state index in [1.807, 2.05) is 48.5 Å². The number of ether oxygens (including phenoxy) is 1. The van der Waals surface area contributed by atoms with Crippen LogP contribution in [-0.2, 0) is 6.61 Å². The molecule has 2 N–H and O–H groups in total. The summed E-state index contributed by atoms with van der Waals surface area (Å²) in [5, 5.41) is 1.22. The molecule has 0 atom stereocenters. The van der Waals surface area contributed by atoms with Gasteiger partial charge in [0.05, 0.1) is 0 Å². The Morgan fingerprint density at radius 2 is 1.83 bits per heavy atom. The predicted molar refractivity (Wildman–Crippen MR) is 77.0 cm³/mol. The van der Waals surface area contributed by atoms with Gasteiger partial charge in [0.15, 0.2) is 0 Å². The Kier molecular flexibility index (Phi) is 2.90. The maximum absolute atomic E-state index is 5.77. The number of fused-ring (bicyclic) bond motifs is 1. The molecule has 0 spiro atoms. The van der Waals surface area contributed by atoms with Crippen molar-refractivity contribution in [1.82, 2.24) is 0 Å². The molecule has 0 fully saturated rings. The molecule has 0 aliphatic heterocycles. The quantitative estimate of drug-likeness (QED) is 0.716. The Morgan fingerprint density at radius 3 is 2.67 bits per heavy atom. The van der Waals surface area contributed by atoms with Crippen molar-refractivity contribution >= 4 is 27.1 Å². The molecule has 3 heteroatoms. The van der Waals surface area contributed by atoms with E-state index >= 15 is 0 Å². The summed E-state index contributed by atoms with van der Waals surface area (Å²) in [5.41, 5.74) is 6.58. The lowest BCUT2D eigenvalue weighted by Gasteiger charge is -2.02. The third-order valence-corrected chi connectivity index (χ3v) is 3.79. The number of rotatable bonds is 3. The first-order chi connectivity index (χ1) is 8.81. The number of nitrogens with two attached hydrogens (primary N) is 1. The van der Waals surface area contributed by atoms with E-state index in [1.54, 1.807) is 11.3 Å². The first-order valence-corrected chi connectivity index (χ1v) is 6.59. The fraction of sp³-hybridized carbons (Fsp3) is 0.0667. The van der Waals surface area contributed by atoms with Gasteiger partial charge >= 0.3 is 0 Å². The van der Waals surface area contributed by atoms with Gasteiger partial charge in [-0.05, 0) is 35.7 Å². The highest BCUT2D eigenvalue weighted by molar-refractivity contribution is 7.19. The average molecular weight is 255 g/mol. The zero-order valence-corrected chi connectivity index (χ0v) is 10.6. The lowest BCUT2D eigenvalue weighted by molar-refractivity contribution is 0.310. The summed E-state index contributed by atoms with van der Waals surface area (Å²) in [6.45, 7) is 0.600. The summed E-state index contributed by atoms with van der Waals surface area (Å²) in [6.07, 6.45) is 0. The monoisotopic (exact) mass is 255 g/mol. The second kappa shape index (κ2) is 4.70. The van der Waals surface area contributed by atoms with Crippen LogP contribution >= 0.6 is 11.3 Å². The summed E-state index contributed by atoms with van der Waals surface area (Å²) in [7, 11) is 0. The molecule has 0 amide bonds. The molecule has 3 rings (SSSR count). The van der Waals surface area contributed by atoms with E-state index in [0.717, 1.165) is 11.4 Å². The number of nitrogen functional groups attached to an aromatic ring is 1. The van der Waals surface area contributed by atoms with Crippen molar-refractivity contribution in [3.05, 3.63) is 59.5 Å². The molecule has 0 saturated carbocycles. The van der Waals surface area contributed by atoms with Gasteiger partial charge in [-0.3, -0.25) is 0 Å². The second-order valence-corrected chi connectivity index (χ2v) is 5.28. The topological polar surface area (TPSA) is 35.2 Å². The number of thiophene rings is 1. The van der Waals surface area contributed by atoms with Gasteiger partial charge in [0.25, 0.3) is 0 Å². The number of anilines is 1. The molecule has 0 unspecified atom stereocenters. The minimum absolute atomic E-state index is 0.600. The van der Waals surface area contributed by atoms with Crippen LogP contribution in [0.4, 0.5) is 5.69 Å². The highest BCUT2D eigenvalue weighted by atomic mass is 32.1. The maximum atomic E-state index is 5.77. The molecule has 0 aliphatic rings. The lowest BCUT2D eigenvalue weighted by Crippen LogP contribution is -1.91. The van der Waals surface area contributed by atoms with Crippen LogP contribution in [-0.4, -0.2) is 0 Å². The van der Waals surface area contributed by atoms with Gasteiger partial charge in [-0.1, -0.05) is 24.3 Å². The van der Waals surface area contributed by atoms with Crippen molar-refractivity contribution in [1.29, 1.82) is 0 Å². The summed E-state index contributed by atoms with van der Waals surface area (Å²) < 4.78 is 6.94. The molecule has 2 nitrogen and oxygen atoms in total. The van der Waals surface area contributed by atoms with Crippen molar-refractivity contribution in [2.24, 2.45) is 0 Å². The molecule has 0 radical (unpaired) electrons. The van der Waals surface area contributed by atoms with Crippen LogP contribution in [0.2, 0.25) is 0 Å². The van der Waals surface area contributed by atoms with E-state index in [0.29, 0.717) is 6.61 Å². The smallest absolute Gasteiger partial charge is 0.122 e. The lowest BCUT2D eigenvalue weighted by atomic mass is 10.2. The van der Waals surface area contributed by atoms with Crippen LogP contribution in [0.15, 0.2) is 54.6 Å². The van der Waals surface area contributed by atoms with Gasteiger partial charge in [0.1, 0.15) is 12.4 Å². The van der Waals surface area contributed by atoms with E-state index in [2.05, 4.69) is 6.07 Å². The maximum Gasteiger partial charge on any atom is 0.122 e. The Morgan fingerprint density at radius 1 is 1.00 bits per heavy atom. The third kappa shape index (κ3) is 2.31. The Bertz CT molecular complexity index is 661. The second-order valence-electron chi connectivity index (χ2n) is 4.11. The average Bonchev–Trinajstić information content (AvgIpc) is 2.79. The first-order valence-electron chi connectivity index (χ1n) is 5.77. The van der Waals surface area contributed by atoms with Crippen LogP contribution in [0.1, 0.15) is 4.88 Å². The number of benzene rings is 2. The van der Waals surface area contributed by atoms with Gasteiger partial charge in [-0.2, -0.15) is 0 Å². The molecule has 1 heterocycles. The fourth-order valence-corrected chi connectivity index (χ4v) is 2.87. The summed E-state index contributed by atoms with van der Waals surface area (Å²) in [4.78, 5) is 1.21. The van der Waals surface area contributed by atoms with Crippen molar-refractivity contribution in [3.8, 4) is 5.75 Å². The van der Waals surface area contributed by atoms with Gasteiger partial charge in [0.2, 0.25) is 0 Å². The third-order valence-electron chi connectivity index (χ3n) is 2.72. The standard InChI is InChI=1S/C15H13NOS/c16-12-7-6-11-8-14(18-15(11)9-12)10-17-13-4-2-1-3-5-13/h1-9H,10,16H2. The zero-order valence-electron chi connectivity index (χ0n) is 9.80. The number of hydrogen-bond acceptors (Lipinski definition) is 3. The van der Waals surface area contributed by atoms with Crippen molar-refractivity contribution in [2.75, 3.05) is 5.73 Å². The minimum atomic E-state index is 0.600. The van der Waals surface area contributed by atoms with Gasteiger partial charge in [-0.15, -0.1) is 11.3 Å². The molecule has 90 valence electrons. The largest absolute Gasteiger partial charge is 0.488 e. The highest BCUT2D eigenvalue weighted by Gasteiger charge is 2.03. The SMILES string of the molecule is Nc1ccc2cc(COc3ccccc3)sc2c1. The van der Waals surface area contributed by atoms with Gasteiger partial charge in [0, 0.05) is 15.3 Å². The first kappa shape index (κ1) is 11.1. The van der Waals surface area contributed by atoms with Crippen molar-refractivity contribution < 1.29 is 4.74 Å². The molecule has 0 aliphatic carbocycles. The Labute approximate surface area is 110 Å². The Balaban J connectivity index is 1.79. The molecular weight excluding hydrogens is 242 g/mol. The van der Waals surface area contributed by atoms with Crippen LogP contribution < -0.4 is 10.5 Å². The van der Waals surface area contributed by atoms with Crippen LogP contribution in [0, 0.1) is 0 Å². The number of hydrogen-bond donors (Lipinski definition) is 1. The van der Waals surface area contributed by atoms with Crippen LogP contribution in [0.25, 0.3) is 10.1 Å². The molecule has 0 bridgehead atoms. The predicted octanol–water partition coefficient (Wildman–Crippen LogP) is 4.06. The van der Waals surface area contributed by atoms with Crippen LogP contribution in [0.5, 0.6) is 5.75 Å². The molecule has 0 saturated heterocycles. The normalized spacial score (nSPS) is 10.7. The fourth-order valence-electron chi connectivity index (χ4n) is 1.85. The van der Waals surface area contributed by atoms with Gasteiger partial charge < -0.3 is 10.5 Å². The summed E-state index contributed by atoms with van der Waals surface area (Å²) >= 11 is 1.73. The van der Waals surface area contributed by atoms with E-state index in [-0.39, 0.29) is 0 Å². The summed E-state index contributed by atoms with van der Waals surface area (Å²) in [6, 6.07) is 18.0. The molecule has 2 aromatic carbocycles. The van der Waals surface area contributed by atoms with E-state index < -0.39 is 0 Å². The highest BCUT2D eigenvalue weighted by Crippen LogP contribution is 2.28. The minimum Gasteiger partial charge on any atom is -0.488 e. The summed E-state index contributed by atoms with van der Waals surface area (Å²) in [5.74, 6) is 0.898. The zero-order chi connectivity index (χ0) is 12.4. The molecular formula is C15H13NOS. The molecule has 3 aromatic rings. The molecule has 18 heavy (non-hydrogen) atoms.